The second-order valence-electron chi connectivity index (χ2n) is 3.31. The van der Waals surface area contributed by atoms with Crippen molar-refractivity contribution < 1.29 is 4.74 Å². The highest BCUT2D eigenvalue weighted by Gasteiger charge is 2.06. The molecule has 4 heteroatoms. The number of aromatic nitrogens is 1. The number of hydrogen-bond donors (Lipinski definition) is 0. The maximum absolute atomic E-state index is 11.8. The normalized spacial score (nSPS) is 10.6. The largest absolute Gasteiger partial charge is 0.496 e. The van der Waals surface area contributed by atoms with E-state index in [2.05, 4.69) is 22.6 Å². The lowest BCUT2D eigenvalue weighted by molar-refractivity contribution is 0.412. The molecule has 1 heterocycles. The Bertz CT molecular complexity index is 575. The van der Waals surface area contributed by atoms with Crippen molar-refractivity contribution in [1.29, 1.82) is 0 Å². The fraction of sp³-hybridized carbons (Fsp3) is 0.182. The van der Waals surface area contributed by atoms with Crippen LogP contribution in [0.15, 0.2) is 29.2 Å². The lowest BCUT2D eigenvalue weighted by atomic mass is 10.1. The van der Waals surface area contributed by atoms with Crippen LogP contribution in [0.4, 0.5) is 0 Å². The number of aryl methyl sites for hydroxylation is 1. The molecule has 0 saturated carbocycles. The van der Waals surface area contributed by atoms with Crippen molar-refractivity contribution in [2.45, 2.75) is 0 Å². The number of hydrogen-bond acceptors (Lipinski definition) is 2. The van der Waals surface area contributed by atoms with Gasteiger partial charge >= 0.3 is 0 Å². The number of fused-ring (bicyclic) bond motifs is 1. The van der Waals surface area contributed by atoms with Crippen molar-refractivity contribution in [3.8, 4) is 5.75 Å². The van der Waals surface area contributed by atoms with Gasteiger partial charge in [-0.1, -0.05) is 0 Å². The van der Waals surface area contributed by atoms with Gasteiger partial charge in [0.2, 0.25) is 0 Å². The third kappa shape index (κ3) is 1.73. The number of benzene rings is 1. The molecule has 0 amide bonds. The summed E-state index contributed by atoms with van der Waals surface area (Å²) in [5.74, 6) is 0.742. The molecule has 0 unspecified atom stereocenters. The van der Waals surface area contributed by atoms with Crippen LogP contribution in [0.5, 0.6) is 5.75 Å². The van der Waals surface area contributed by atoms with E-state index in [1.807, 2.05) is 12.1 Å². The zero-order valence-electron chi connectivity index (χ0n) is 8.45. The van der Waals surface area contributed by atoms with Crippen molar-refractivity contribution in [2.75, 3.05) is 7.11 Å². The minimum absolute atomic E-state index is 0.00204. The van der Waals surface area contributed by atoms with E-state index in [0.29, 0.717) is 5.39 Å². The molecule has 3 nitrogen and oxygen atoms in total. The van der Waals surface area contributed by atoms with Crippen molar-refractivity contribution in [3.05, 3.63) is 38.3 Å². The van der Waals surface area contributed by atoms with Crippen LogP contribution in [-0.2, 0) is 7.05 Å². The maximum atomic E-state index is 11.8. The van der Waals surface area contributed by atoms with Gasteiger partial charge in [0.05, 0.1) is 16.1 Å². The number of ether oxygens (including phenoxy) is 1. The molecule has 15 heavy (non-hydrogen) atoms. The predicted octanol–water partition coefficient (Wildman–Crippen LogP) is 2.15. The smallest absolute Gasteiger partial charge is 0.258 e. The Morgan fingerprint density at radius 2 is 2.13 bits per heavy atom. The molecule has 0 saturated heterocycles. The van der Waals surface area contributed by atoms with E-state index in [4.69, 9.17) is 4.74 Å². The van der Waals surface area contributed by atoms with Crippen LogP contribution in [0, 0.1) is 3.57 Å². The first-order chi connectivity index (χ1) is 7.13. The molecule has 1 aromatic heterocycles. The first kappa shape index (κ1) is 10.5. The van der Waals surface area contributed by atoms with E-state index < -0.39 is 0 Å². The Hall–Kier alpha value is -1.04. The summed E-state index contributed by atoms with van der Waals surface area (Å²) >= 11 is 2.20. The first-order valence-corrected chi connectivity index (χ1v) is 5.54. The topological polar surface area (TPSA) is 31.2 Å². The van der Waals surface area contributed by atoms with Gasteiger partial charge in [-0.25, -0.2) is 0 Å². The molecular formula is C11H10INO2. The van der Waals surface area contributed by atoms with Gasteiger partial charge in [0.15, 0.2) is 0 Å². The average Bonchev–Trinajstić information content (AvgIpc) is 2.23. The van der Waals surface area contributed by atoms with E-state index in [1.54, 1.807) is 31.0 Å². The summed E-state index contributed by atoms with van der Waals surface area (Å²) in [5, 5.41) is 1.64. The van der Waals surface area contributed by atoms with Crippen LogP contribution >= 0.6 is 22.6 Å². The van der Waals surface area contributed by atoms with Crippen LogP contribution in [0.1, 0.15) is 0 Å². The van der Waals surface area contributed by atoms with Gasteiger partial charge in [-0.2, -0.15) is 0 Å². The van der Waals surface area contributed by atoms with Gasteiger partial charge in [-0.05, 0) is 46.2 Å². The van der Waals surface area contributed by atoms with E-state index in [9.17, 15) is 4.79 Å². The van der Waals surface area contributed by atoms with Gasteiger partial charge in [0, 0.05) is 13.2 Å². The van der Waals surface area contributed by atoms with Gasteiger partial charge in [0.25, 0.3) is 5.56 Å². The van der Waals surface area contributed by atoms with Crippen LogP contribution in [-0.4, -0.2) is 11.7 Å². The van der Waals surface area contributed by atoms with Crippen LogP contribution in [0.3, 0.4) is 0 Å². The summed E-state index contributed by atoms with van der Waals surface area (Å²) < 4.78 is 7.77. The van der Waals surface area contributed by atoms with Gasteiger partial charge < -0.3 is 9.30 Å². The van der Waals surface area contributed by atoms with Crippen molar-refractivity contribution >= 4 is 33.4 Å². The molecule has 0 radical (unpaired) electrons. The monoisotopic (exact) mass is 315 g/mol. The SMILES string of the molecule is COc1cc2c(=O)n(C)ccc2cc1I. The van der Waals surface area contributed by atoms with E-state index in [-0.39, 0.29) is 5.56 Å². The van der Waals surface area contributed by atoms with E-state index in [0.717, 1.165) is 14.7 Å². The van der Waals surface area contributed by atoms with Gasteiger partial charge in [-0.15, -0.1) is 0 Å². The molecule has 78 valence electrons. The second-order valence-corrected chi connectivity index (χ2v) is 4.47. The minimum Gasteiger partial charge on any atom is -0.496 e. The zero-order valence-corrected chi connectivity index (χ0v) is 10.6. The van der Waals surface area contributed by atoms with Crippen molar-refractivity contribution in [1.82, 2.24) is 4.57 Å². The average molecular weight is 315 g/mol. The summed E-state index contributed by atoms with van der Waals surface area (Å²) in [6, 6.07) is 5.67. The fourth-order valence-electron chi connectivity index (χ4n) is 1.50. The van der Waals surface area contributed by atoms with E-state index in [1.165, 1.54) is 0 Å². The molecule has 0 bridgehead atoms. The highest BCUT2D eigenvalue weighted by molar-refractivity contribution is 14.1. The highest BCUT2D eigenvalue weighted by atomic mass is 127. The van der Waals surface area contributed by atoms with Gasteiger partial charge in [-0.3, -0.25) is 4.79 Å². The number of methoxy groups -OCH3 is 1. The van der Waals surface area contributed by atoms with Crippen molar-refractivity contribution in [3.63, 3.8) is 0 Å². The third-order valence-electron chi connectivity index (χ3n) is 2.35. The Kier molecular flexibility index (Phi) is 2.68. The summed E-state index contributed by atoms with van der Waals surface area (Å²) in [6.45, 7) is 0. The number of halogens is 1. The summed E-state index contributed by atoms with van der Waals surface area (Å²) in [5.41, 5.74) is 0.00204. The zero-order chi connectivity index (χ0) is 11.0. The molecule has 2 aromatic rings. The standard InChI is InChI=1S/C11H10INO2/c1-13-4-3-7-5-9(12)10(15-2)6-8(7)11(13)14/h3-6H,1-2H3. The number of nitrogens with zero attached hydrogens (tertiary/aromatic N) is 1. The molecule has 0 spiro atoms. The summed E-state index contributed by atoms with van der Waals surface area (Å²) in [4.78, 5) is 11.8. The molecular weight excluding hydrogens is 305 g/mol. The van der Waals surface area contributed by atoms with Gasteiger partial charge in [0.1, 0.15) is 5.75 Å². The molecule has 0 aliphatic carbocycles. The number of pyridine rings is 1. The van der Waals surface area contributed by atoms with Crippen LogP contribution in [0.25, 0.3) is 10.8 Å². The first-order valence-electron chi connectivity index (χ1n) is 4.46. The van der Waals surface area contributed by atoms with Crippen LogP contribution in [0.2, 0.25) is 0 Å². The molecule has 0 atom stereocenters. The number of rotatable bonds is 1. The maximum Gasteiger partial charge on any atom is 0.258 e. The second kappa shape index (κ2) is 3.84. The highest BCUT2D eigenvalue weighted by Crippen LogP contribution is 2.25. The fourth-order valence-corrected chi connectivity index (χ4v) is 2.21. The summed E-state index contributed by atoms with van der Waals surface area (Å²) in [7, 11) is 3.35. The van der Waals surface area contributed by atoms with Crippen LogP contribution < -0.4 is 10.3 Å². The Morgan fingerprint density at radius 3 is 2.80 bits per heavy atom. The minimum atomic E-state index is 0.00204. The molecule has 0 aliphatic heterocycles. The quantitative estimate of drug-likeness (QED) is 0.755. The lowest BCUT2D eigenvalue weighted by Crippen LogP contribution is -2.15. The Labute approximate surface area is 101 Å². The third-order valence-corrected chi connectivity index (χ3v) is 3.20. The van der Waals surface area contributed by atoms with E-state index >= 15 is 0 Å². The molecule has 1 aromatic carbocycles. The lowest BCUT2D eigenvalue weighted by Gasteiger charge is -2.06. The molecule has 0 N–H and O–H groups in total. The molecule has 0 fully saturated rings. The summed E-state index contributed by atoms with van der Waals surface area (Å²) in [6.07, 6.45) is 1.77. The van der Waals surface area contributed by atoms with Crippen molar-refractivity contribution in [2.24, 2.45) is 7.05 Å². The Morgan fingerprint density at radius 1 is 1.40 bits per heavy atom. The Balaban J connectivity index is 2.89. The molecule has 2 rings (SSSR count). The molecule has 0 aliphatic rings. The predicted molar refractivity (Wildman–Crippen MR) is 68.5 cm³/mol.